The van der Waals surface area contributed by atoms with Crippen molar-refractivity contribution in [3.05, 3.63) is 34.3 Å². The number of hydrogen-bond donors (Lipinski definition) is 1. The standard InChI is InChI=1S/C16H20BrNO2/c17-14-6-4-12(5-7-14)15(19)18-10-9-16(20)8-2-1-3-13(16)11-18/h4-7,13,20H,1-3,8-11H2/t13-,16-/m1/s1. The van der Waals surface area contributed by atoms with Gasteiger partial charge in [-0.25, -0.2) is 0 Å². The Labute approximate surface area is 128 Å². The summed E-state index contributed by atoms with van der Waals surface area (Å²) in [5.74, 6) is 0.342. The Morgan fingerprint density at radius 1 is 1.25 bits per heavy atom. The topological polar surface area (TPSA) is 40.5 Å². The Balaban J connectivity index is 1.72. The third kappa shape index (κ3) is 2.63. The molecule has 1 saturated heterocycles. The van der Waals surface area contributed by atoms with Crippen LogP contribution in [-0.2, 0) is 0 Å². The molecule has 2 aliphatic rings. The van der Waals surface area contributed by atoms with E-state index in [0.717, 1.165) is 35.7 Å². The highest BCUT2D eigenvalue weighted by Gasteiger charge is 2.43. The second kappa shape index (κ2) is 5.49. The van der Waals surface area contributed by atoms with Crippen LogP contribution in [0.5, 0.6) is 0 Å². The minimum atomic E-state index is -0.519. The lowest BCUT2D eigenvalue weighted by molar-refractivity contribution is -0.0886. The molecule has 1 N–H and O–H groups in total. The lowest BCUT2D eigenvalue weighted by Gasteiger charge is -2.47. The van der Waals surface area contributed by atoms with Gasteiger partial charge in [-0.1, -0.05) is 28.8 Å². The lowest BCUT2D eigenvalue weighted by atomic mass is 9.71. The summed E-state index contributed by atoms with van der Waals surface area (Å²) in [6.07, 6.45) is 4.96. The highest BCUT2D eigenvalue weighted by molar-refractivity contribution is 9.10. The van der Waals surface area contributed by atoms with Crippen LogP contribution in [0, 0.1) is 5.92 Å². The van der Waals surface area contributed by atoms with E-state index in [1.54, 1.807) is 0 Å². The third-order valence-electron chi connectivity index (χ3n) is 4.81. The number of hydrogen-bond acceptors (Lipinski definition) is 2. The molecule has 2 fully saturated rings. The van der Waals surface area contributed by atoms with Crippen LogP contribution in [0.4, 0.5) is 0 Å². The molecule has 0 radical (unpaired) electrons. The smallest absolute Gasteiger partial charge is 0.253 e. The fraction of sp³-hybridized carbons (Fsp3) is 0.562. The Morgan fingerprint density at radius 2 is 2.00 bits per heavy atom. The molecule has 108 valence electrons. The summed E-state index contributed by atoms with van der Waals surface area (Å²) >= 11 is 3.39. The van der Waals surface area contributed by atoms with Crippen molar-refractivity contribution in [1.82, 2.24) is 4.90 Å². The molecule has 0 unspecified atom stereocenters. The molecule has 3 rings (SSSR count). The molecular formula is C16H20BrNO2. The van der Waals surface area contributed by atoms with Gasteiger partial charge in [-0.2, -0.15) is 0 Å². The van der Waals surface area contributed by atoms with E-state index in [0.29, 0.717) is 13.1 Å². The normalized spacial score (nSPS) is 29.9. The SMILES string of the molecule is O=C(c1ccc(Br)cc1)N1CC[C@]2(O)CCCC[C@@H]2C1. The van der Waals surface area contributed by atoms with Crippen LogP contribution in [-0.4, -0.2) is 34.6 Å². The van der Waals surface area contributed by atoms with E-state index < -0.39 is 5.60 Å². The number of halogens is 1. The quantitative estimate of drug-likeness (QED) is 0.854. The summed E-state index contributed by atoms with van der Waals surface area (Å²) in [6.45, 7) is 1.37. The zero-order chi connectivity index (χ0) is 14.2. The van der Waals surface area contributed by atoms with Crippen molar-refractivity contribution in [2.75, 3.05) is 13.1 Å². The molecule has 2 atom stereocenters. The summed E-state index contributed by atoms with van der Waals surface area (Å²) < 4.78 is 0.981. The first-order chi connectivity index (χ1) is 9.58. The molecule has 0 spiro atoms. The molecule has 1 aromatic carbocycles. The van der Waals surface area contributed by atoms with Gasteiger partial charge >= 0.3 is 0 Å². The lowest BCUT2D eigenvalue weighted by Crippen LogP contribution is -2.54. The number of aliphatic hydroxyl groups is 1. The van der Waals surface area contributed by atoms with Gasteiger partial charge in [0.1, 0.15) is 0 Å². The number of piperidine rings is 1. The van der Waals surface area contributed by atoms with Gasteiger partial charge in [0.2, 0.25) is 0 Å². The molecule has 1 aliphatic carbocycles. The number of amides is 1. The van der Waals surface area contributed by atoms with Crippen molar-refractivity contribution in [3.63, 3.8) is 0 Å². The van der Waals surface area contributed by atoms with Gasteiger partial charge in [0.05, 0.1) is 5.60 Å². The molecule has 0 aromatic heterocycles. The van der Waals surface area contributed by atoms with Crippen molar-refractivity contribution < 1.29 is 9.90 Å². The Kier molecular flexibility index (Phi) is 3.87. The molecule has 1 heterocycles. The first-order valence-electron chi connectivity index (χ1n) is 7.36. The average Bonchev–Trinajstić information content (AvgIpc) is 2.46. The molecular weight excluding hydrogens is 318 g/mol. The summed E-state index contributed by atoms with van der Waals surface area (Å²) in [6, 6.07) is 7.50. The van der Waals surface area contributed by atoms with Crippen LogP contribution >= 0.6 is 15.9 Å². The van der Waals surface area contributed by atoms with Crippen LogP contribution in [0.1, 0.15) is 42.5 Å². The fourth-order valence-corrected chi connectivity index (χ4v) is 3.79. The van der Waals surface area contributed by atoms with E-state index in [1.807, 2.05) is 29.2 Å². The number of rotatable bonds is 1. The van der Waals surface area contributed by atoms with E-state index in [2.05, 4.69) is 15.9 Å². The number of nitrogens with zero attached hydrogens (tertiary/aromatic N) is 1. The highest BCUT2D eigenvalue weighted by Crippen LogP contribution is 2.40. The molecule has 1 aliphatic heterocycles. The second-order valence-corrected chi connectivity index (χ2v) is 6.97. The van der Waals surface area contributed by atoms with E-state index in [9.17, 15) is 9.90 Å². The Hall–Kier alpha value is -0.870. The number of carbonyl (C=O) groups is 1. The minimum Gasteiger partial charge on any atom is -0.389 e. The maximum absolute atomic E-state index is 12.5. The maximum Gasteiger partial charge on any atom is 0.253 e. The van der Waals surface area contributed by atoms with Crippen molar-refractivity contribution in [2.45, 2.75) is 37.7 Å². The number of carbonyl (C=O) groups excluding carboxylic acids is 1. The Bertz CT molecular complexity index is 502. The highest BCUT2D eigenvalue weighted by atomic mass is 79.9. The summed E-state index contributed by atoms with van der Waals surface area (Å²) in [5, 5.41) is 10.7. The molecule has 4 heteroatoms. The average molecular weight is 338 g/mol. The molecule has 3 nitrogen and oxygen atoms in total. The zero-order valence-corrected chi connectivity index (χ0v) is 13.1. The van der Waals surface area contributed by atoms with Gasteiger partial charge in [-0.15, -0.1) is 0 Å². The van der Waals surface area contributed by atoms with Gasteiger partial charge in [0, 0.05) is 29.0 Å². The van der Waals surface area contributed by atoms with Crippen molar-refractivity contribution in [2.24, 2.45) is 5.92 Å². The molecule has 1 saturated carbocycles. The molecule has 20 heavy (non-hydrogen) atoms. The van der Waals surface area contributed by atoms with E-state index in [-0.39, 0.29) is 11.8 Å². The first kappa shape index (κ1) is 14.1. The van der Waals surface area contributed by atoms with Crippen LogP contribution in [0.3, 0.4) is 0 Å². The van der Waals surface area contributed by atoms with Gasteiger partial charge in [0.25, 0.3) is 5.91 Å². The minimum absolute atomic E-state index is 0.0881. The number of benzene rings is 1. The van der Waals surface area contributed by atoms with E-state index in [4.69, 9.17) is 0 Å². The second-order valence-electron chi connectivity index (χ2n) is 6.05. The predicted octanol–water partition coefficient (Wildman–Crippen LogP) is 3.22. The van der Waals surface area contributed by atoms with Crippen molar-refractivity contribution >= 4 is 21.8 Å². The van der Waals surface area contributed by atoms with E-state index in [1.165, 1.54) is 6.42 Å². The van der Waals surface area contributed by atoms with Gasteiger partial charge in [-0.05, 0) is 43.5 Å². The number of fused-ring (bicyclic) bond motifs is 1. The molecule has 1 aromatic rings. The largest absolute Gasteiger partial charge is 0.389 e. The monoisotopic (exact) mass is 337 g/mol. The summed E-state index contributed by atoms with van der Waals surface area (Å²) in [4.78, 5) is 14.4. The fourth-order valence-electron chi connectivity index (χ4n) is 3.53. The first-order valence-corrected chi connectivity index (χ1v) is 8.15. The van der Waals surface area contributed by atoms with Gasteiger partial charge in [-0.3, -0.25) is 4.79 Å². The Morgan fingerprint density at radius 3 is 2.75 bits per heavy atom. The molecule has 1 amide bonds. The van der Waals surface area contributed by atoms with Crippen LogP contribution in [0.2, 0.25) is 0 Å². The van der Waals surface area contributed by atoms with Crippen molar-refractivity contribution in [3.8, 4) is 0 Å². The maximum atomic E-state index is 12.5. The van der Waals surface area contributed by atoms with Gasteiger partial charge < -0.3 is 10.0 Å². The summed E-state index contributed by atoms with van der Waals surface area (Å²) in [7, 11) is 0. The summed E-state index contributed by atoms with van der Waals surface area (Å²) in [5.41, 5.74) is 0.212. The van der Waals surface area contributed by atoms with Crippen LogP contribution in [0.25, 0.3) is 0 Å². The van der Waals surface area contributed by atoms with Crippen LogP contribution in [0.15, 0.2) is 28.7 Å². The van der Waals surface area contributed by atoms with Crippen LogP contribution < -0.4 is 0 Å². The van der Waals surface area contributed by atoms with Gasteiger partial charge in [0.15, 0.2) is 0 Å². The van der Waals surface area contributed by atoms with E-state index >= 15 is 0 Å². The number of likely N-dealkylation sites (tertiary alicyclic amines) is 1. The van der Waals surface area contributed by atoms with Crippen molar-refractivity contribution in [1.29, 1.82) is 0 Å². The zero-order valence-electron chi connectivity index (χ0n) is 11.5. The molecule has 0 bridgehead atoms. The third-order valence-corrected chi connectivity index (χ3v) is 5.33. The predicted molar refractivity (Wildman–Crippen MR) is 81.6 cm³/mol.